The monoisotopic (exact) mass is 371 g/mol. The molecule has 6 heteroatoms. The molecular weight excluding hydrogens is 358 g/mol. The lowest BCUT2D eigenvalue weighted by atomic mass is 10.1. The Hall–Kier alpha value is -2.47. The minimum atomic E-state index is -0.684. The molecule has 0 bridgehead atoms. The number of para-hydroxylation sites is 1. The molecule has 0 aliphatic carbocycles. The van der Waals surface area contributed by atoms with Gasteiger partial charge in [-0.1, -0.05) is 28.1 Å². The van der Waals surface area contributed by atoms with Crippen LogP contribution < -0.4 is 11.3 Å². The van der Waals surface area contributed by atoms with E-state index < -0.39 is 11.8 Å². The Balaban J connectivity index is 2.39. The van der Waals surface area contributed by atoms with Gasteiger partial charge in [-0.15, -0.1) is 0 Å². The maximum Gasteiger partial charge on any atom is 0.265 e. The van der Waals surface area contributed by atoms with Crippen LogP contribution >= 0.6 is 15.9 Å². The molecule has 1 aromatic heterocycles. The quantitative estimate of drug-likeness (QED) is 0.768. The van der Waals surface area contributed by atoms with Crippen LogP contribution in [0.3, 0.4) is 0 Å². The lowest BCUT2D eigenvalue weighted by molar-refractivity contribution is -0.119. The number of carbonyl (C=O) groups is 1. The second-order valence-corrected chi connectivity index (χ2v) is 6.14. The first-order valence-corrected chi connectivity index (χ1v) is 7.85. The van der Waals surface area contributed by atoms with Crippen LogP contribution in [0, 0.1) is 0 Å². The lowest BCUT2D eigenvalue weighted by Gasteiger charge is -2.16. The predicted molar refractivity (Wildman–Crippen MR) is 92.6 cm³/mol. The standard InChI is InChI=1S/C17H14BrN3O2/c1-10(15(19)22)16-20-14-5-3-2-4-13(14)17(23)21(16)12-8-6-11(18)7-9-12/h2-10H,1H3,(H2,19,22). The van der Waals surface area contributed by atoms with Gasteiger partial charge in [0, 0.05) is 4.47 Å². The van der Waals surface area contributed by atoms with Gasteiger partial charge in [-0.2, -0.15) is 0 Å². The number of halogens is 1. The highest BCUT2D eigenvalue weighted by atomic mass is 79.9. The Morgan fingerprint density at radius 2 is 1.83 bits per heavy atom. The van der Waals surface area contributed by atoms with E-state index in [0.29, 0.717) is 22.4 Å². The van der Waals surface area contributed by atoms with Crippen LogP contribution in [0.1, 0.15) is 18.7 Å². The Morgan fingerprint density at radius 1 is 1.17 bits per heavy atom. The number of carbonyl (C=O) groups excluding carboxylic acids is 1. The van der Waals surface area contributed by atoms with Crippen LogP contribution in [0.4, 0.5) is 0 Å². The molecule has 23 heavy (non-hydrogen) atoms. The van der Waals surface area contributed by atoms with E-state index in [-0.39, 0.29) is 5.56 Å². The third kappa shape index (κ3) is 2.77. The number of primary amides is 1. The van der Waals surface area contributed by atoms with Crippen LogP contribution in [0.25, 0.3) is 16.6 Å². The van der Waals surface area contributed by atoms with E-state index >= 15 is 0 Å². The molecule has 0 saturated carbocycles. The van der Waals surface area contributed by atoms with Gasteiger partial charge in [0.15, 0.2) is 0 Å². The smallest absolute Gasteiger partial charge is 0.265 e. The highest BCUT2D eigenvalue weighted by molar-refractivity contribution is 9.10. The fraction of sp³-hybridized carbons (Fsp3) is 0.118. The molecule has 0 spiro atoms. The van der Waals surface area contributed by atoms with Gasteiger partial charge in [0.25, 0.3) is 5.56 Å². The Kier molecular flexibility index (Phi) is 4.00. The lowest BCUT2D eigenvalue weighted by Crippen LogP contribution is -2.29. The summed E-state index contributed by atoms with van der Waals surface area (Å²) in [5.74, 6) is -0.877. The summed E-state index contributed by atoms with van der Waals surface area (Å²) in [6.07, 6.45) is 0. The largest absolute Gasteiger partial charge is 0.369 e. The molecule has 1 amide bonds. The third-order valence-corrected chi connectivity index (χ3v) is 4.23. The van der Waals surface area contributed by atoms with E-state index in [1.807, 2.05) is 12.1 Å². The normalized spacial score (nSPS) is 12.3. The van der Waals surface area contributed by atoms with E-state index in [1.165, 1.54) is 4.57 Å². The highest BCUT2D eigenvalue weighted by Gasteiger charge is 2.21. The van der Waals surface area contributed by atoms with Gasteiger partial charge in [0.05, 0.1) is 22.5 Å². The van der Waals surface area contributed by atoms with Crippen LogP contribution in [-0.2, 0) is 4.79 Å². The predicted octanol–water partition coefficient (Wildman–Crippen LogP) is 2.74. The van der Waals surface area contributed by atoms with Crippen LogP contribution in [0.5, 0.6) is 0 Å². The zero-order chi connectivity index (χ0) is 16.6. The summed E-state index contributed by atoms with van der Waals surface area (Å²) < 4.78 is 2.34. The minimum Gasteiger partial charge on any atom is -0.369 e. The van der Waals surface area contributed by atoms with E-state index in [4.69, 9.17) is 5.73 Å². The van der Waals surface area contributed by atoms with Crippen LogP contribution in [0.15, 0.2) is 57.8 Å². The first-order chi connectivity index (χ1) is 11.0. The number of benzene rings is 2. The molecule has 2 N–H and O–H groups in total. The Morgan fingerprint density at radius 3 is 2.48 bits per heavy atom. The molecule has 1 unspecified atom stereocenters. The third-order valence-electron chi connectivity index (χ3n) is 3.70. The average molecular weight is 372 g/mol. The summed E-state index contributed by atoms with van der Waals surface area (Å²) in [6.45, 7) is 1.65. The molecule has 3 rings (SSSR count). The van der Waals surface area contributed by atoms with Gasteiger partial charge in [0.1, 0.15) is 5.82 Å². The van der Waals surface area contributed by atoms with E-state index in [0.717, 1.165) is 4.47 Å². The Labute approximate surface area is 140 Å². The molecular formula is C17H14BrN3O2. The van der Waals surface area contributed by atoms with Gasteiger partial charge in [-0.3, -0.25) is 14.2 Å². The summed E-state index contributed by atoms with van der Waals surface area (Å²) in [5.41, 5.74) is 6.40. The molecule has 1 atom stereocenters. The maximum atomic E-state index is 12.9. The summed E-state index contributed by atoms with van der Waals surface area (Å²) in [6, 6.07) is 14.3. The summed E-state index contributed by atoms with van der Waals surface area (Å²) in [5, 5.41) is 0.496. The molecule has 0 saturated heterocycles. The first-order valence-electron chi connectivity index (χ1n) is 7.06. The number of nitrogens with two attached hydrogens (primary N) is 1. The maximum absolute atomic E-state index is 12.9. The minimum absolute atomic E-state index is 0.221. The molecule has 0 radical (unpaired) electrons. The van der Waals surface area contributed by atoms with Gasteiger partial charge < -0.3 is 5.73 Å². The van der Waals surface area contributed by atoms with Crippen molar-refractivity contribution in [1.82, 2.24) is 9.55 Å². The van der Waals surface area contributed by atoms with Crippen LogP contribution in [-0.4, -0.2) is 15.5 Å². The zero-order valence-electron chi connectivity index (χ0n) is 12.4. The number of amides is 1. The van der Waals surface area contributed by atoms with Crippen molar-refractivity contribution in [3.63, 3.8) is 0 Å². The van der Waals surface area contributed by atoms with Gasteiger partial charge in [-0.25, -0.2) is 4.98 Å². The molecule has 0 aliphatic rings. The van der Waals surface area contributed by atoms with Gasteiger partial charge >= 0.3 is 0 Å². The summed E-state index contributed by atoms with van der Waals surface area (Å²) >= 11 is 3.37. The number of nitrogens with zero attached hydrogens (tertiary/aromatic N) is 2. The molecule has 0 fully saturated rings. The van der Waals surface area contributed by atoms with E-state index in [9.17, 15) is 9.59 Å². The second-order valence-electron chi connectivity index (χ2n) is 5.23. The van der Waals surface area contributed by atoms with Crippen molar-refractivity contribution in [2.75, 3.05) is 0 Å². The zero-order valence-corrected chi connectivity index (χ0v) is 13.9. The molecule has 0 aliphatic heterocycles. The number of aromatic nitrogens is 2. The fourth-order valence-corrected chi connectivity index (χ4v) is 2.67. The van der Waals surface area contributed by atoms with Crippen molar-refractivity contribution in [3.05, 3.63) is 69.2 Å². The summed E-state index contributed by atoms with van der Waals surface area (Å²) in [7, 11) is 0. The highest BCUT2D eigenvalue weighted by Crippen LogP contribution is 2.20. The van der Waals surface area contributed by atoms with Crippen molar-refractivity contribution in [1.29, 1.82) is 0 Å². The first kappa shape index (κ1) is 15.4. The summed E-state index contributed by atoms with van der Waals surface area (Å²) in [4.78, 5) is 29.1. The van der Waals surface area contributed by atoms with Gasteiger partial charge in [-0.05, 0) is 43.3 Å². The van der Waals surface area contributed by atoms with Crippen molar-refractivity contribution in [2.45, 2.75) is 12.8 Å². The number of hydrogen-bond acceptors (Lipinski definition) is 3. The van der Waals surface area contributed by atoms with Crippen molar-refractivity contribution < 1.29 is 4.79 Å². The van der Waals surface area contributed by atoms with E-state index in [1.54, 1.807) is 43.3 Å². The molecule has 3 aromatic rings. The number of rotatable bonds is 3. The van der Waals surface area contributed by atoms with Gasteiger partial charge in [0.2, 0.25) is 5.91 Å². The topological polar surface area (TPSA) is 78.0 Å². The molecule has 116 valence electrons. The fourth-order valence-electron chi connectivity index (χ4n) is 2.41. The van der Waals surface area contributed by atoms with Crippen molar-refractivity contribution in [2.24, 2.45) is 5.73 Å². The SMILES string of the molecule is CC(C(N)=O)c1nc2ccccc2c(=O)n1-c1ccc(Br)cc1. The molecule has 2 aromatic carbocycles. The van der Waals surface area contributed by atoms with Crippen molar-refractivity contribution >= 4 is 32.7 Å². The Bertz CT molecular complexity index is 948. The molecule has 1 heterocycles. The van der Waals surface area contributed by atoms with Crippen molar-refractivity contribution in [3.8, 4) is 5.69 Å². The van der Waals surface area contributed by atoms with Crippen LogP contribution in [0.2, 0.25) is 0 Å². The number of hydrogen-bond donors (Lipinski definition) is 1. The second kappa shape index (κ2) is 5.96. The average Bonchev–Trinajstić information content (AvgIpc) is 2.55. The van der Waals surface area contributed by atoms with E-state index in [2.05, 4.69) is 20.9 Å². The number of fused-ring (bicyclic) bond motifs is 1. The molecule has 5 nitrogen and oxygen atoms in total.